The van der Waals surface area contributed by atoms with Crippen LogP contribution in [0.5, 0.6) is 0 Å². The second kappa shape index (κ2) is 13.3. The van der Waals surface area contributed by atoms with E-state index in [0.717, 1.165) is 6.42 Å². The average molecular weight is 440 g/mol. The van der Waals surface area contributed by atoms with E-state index in [4.69, 9.17) is 11.5 Å². The first-order valence-electron chi connectivity index (χ1n) is 10.2. The van der Waals surface area contributed by atoms with Crippen molar-refractivity contribution in [2.24, 2.45) is 17.4 Å². The van der Waals surface area contributed by atoms with Gasteiger partial charge in [-0.2, -0.15) is 0 Å². The molecular formula is C19H33N7O5. The fourth-order valence-electron chi connectivity index (χ4n) is 2.77. The molecule has 0 aromatic carbocycles. The van der Waals surface area contributed by atoms with E-state index in [1.165, 1.54) is 12.5 Å². The largest absolute Gasteiger partial charge is 0.480 e. The molecular weight excluding hydrogens is 406 g/mol. The molecule has 1 aromatic heterocycles. The lowest BCUT2D eigenvalue weighted by Crippen LogP contribution is -2.55. The Bertz CT molecular complexity index is 723. The van der Waals surface area contributed by atoms with E-state index in [1.807, 2.05) is 0 Å². The maximum absolute atomic E-state index is 12.5. The predicted molar refractivity (Wildman–Crippen MR) is 113 cm³/mol. The molecule has 0 aliphatic heterocycles. The Labute approximate surface area is 180 Å². The Morgan fingerprint density at radius 1 is 1.16 bits per heavy atom. The summed E-state index contributed by atoms with van der Waals surface area (Å²) in [7, 11) is 0. The van der Waals surface area contributed by atoms with Gasteiger partial charge in [-0.25, -0.2) is 9.78 Å². The van der Waals surface area contributed by atoms with Crippen molar-refractivity contribution >= 4 is 23.7 Å². The van der Waals surface area contributed by atoms with Gasteiger partial charge in [0, 0.05) is 18.3 Å². The number of unbranched alkanes of at least 4 members (excludes halogenated alkanes) is 1. The molecule has 9 N–H and O–H groups in total. The Morgan fingerprint density at radius 3 is 2.42 bits per heavy atom. The molecule has 3 atom stereocenters. The Morgan fingerprint density at radius 2 is 1.87 bits per heavy atom. The van der Waals surface area contributed by atoms with Gasteiger partial charge in [0.05, 0.1) is 18.9 Å². The van der Waals surface area contributed by atoms with Gasteiger partial charge in [-0.05, 0) is 25.3 Å². The van der Waals surface area contributed by atoms with Gasteiger partial charge in [-0.1, -0.05) is 20.3 Å². The van der Waals surface area contributed by atoms with Crippen LogP contribution >= 0.6 is 0 Å². The first-order valence-corrected chi connectivity index (χ1v) is 10.2. The first-order chi connectivity index (χ1) is 14.6. The highest BCUT2D eigenvalue weighted by atomic mass is 16.4. The van der Waals surface area contributed by atoms with E-state index in [9.17, 15) is 24.3 Å². The summed E-state index contributed by atoms with van der Waals surface area (Å²) in [6.07, 6.45) is 4.78. The number of carboxylic acids is 1. The number of nitrogens with one attached hydrogen (secondary N) is 4. The van der Waals surface area contributed by atoms with Crippen molar-refractivity contribution in [2.75, 3.05) is 13.1 Å². The molecule has 1 rings (SSSR count). The molecule has 174 valence electrons. The third kappa shape index (κ3) is 9.57. The maximum Gasteiger partial charge on any atom is 0.326 e. The number of amides is 3. The van der Waals surface area contributed by atoms with Crippen LogP contribution in [0.15, 0.2) is 12.5 Å². The number of nitrogens with two attached hydrogens (primary N) is 2. The van der Waals surface area contributed by atoms with Gasteiger partial charge in [0.15, 0.2) is 0 Å². The van der Waals surface area contributed by atoms with Gasteiger partial charge >= 0.3 is 5.97 Å². The number of carboxylic acid groups (broad SMARTS) is 1. The highest BCUT2D eigenvalue weighted by Crippen LogP contribution is 2.05. The minimum absolute atomic E-state index is 0.0156. The monoisotopic (exact) mass is 439 g/mol. The number of nitrogens with zero attached hydrogens (tertiary/aromatic N) is 1. The molecule has 0 saturated carbocycles. The number of imidazole rings is 1. The van der Waals surface area contributed by atoms with Crippen molar-refractivity contribution in [3.8, 4) is 0 Å². The van der Waals surface area contributed by atoms with Crippen molar-refractivity contribution in [3.05, 3.63) is 18.2 Å². The van der Waals surface area contributed by atoms with Crippen LogP contribution in [0.2, 0.25) is 0 Å². The standard InChI is InChI=1S/C19H33N7O5/c1-11(2)16(26-17(28)13(21)5-3-4-6-20)18(29)23-9-15(27)25-14(19(30)31)7-12-8-22-10-24-12/h8,10-11,13-14,16H,3-7,9,20-21H2,1-2H3,(H,22,24)(H,23,29)(H,25,27)(H,26,28)(H,30,31). The van der Waals surface area contributed by atoms with Gasteiger partial charge < -0.3 is 37.5 Å². The van der Waals surface area contributed by atoms with E-state index >= 15 is 0 Å². The number of rotatable bonds is 14. The van der Waals surface area contributed by atoms with E-state index in [2.05, 4.69) is 25.9 Å². The van der Waals surface area contributed by atoms with Crippen LogP contribution in [0, 0.1) is 5.92 Å². The number of carbonyl (C=O) groups is 4. The van der Waals surface area contributed by atoms with Crippen LogP contribution in [0.25, 0.3) is 0 Å². The first kappa shape index (κ1) is 26.0. The molecule has 31 heavy (non-hydrogen) atoms. The number of aromatic nitrogens is 2. The summed E-state index contributed by atoms with van der Waals surface area (Å²) < 4.78 is 0. The fraction of sp³-hybridized carbons (Fsp3) is 0.632. The maximum atomic E-state index is 12.5. The molecule has 0 radical (unpaired) electrons. The number of hydrogen-bond donors (Lipinski definition) is 7. The van der Waals surface area contributed by atoms with Gasteiger partial charge in [0.25, 0.3) is 0 Å². The zero-order chi connectivity index (χ0) is 23.4. The zero-order valence-electron chi connectivity index (χ0n) is 17.9. The molecule has 0 aliphatic carbocycles. The molecule has 0 aliphatic rings. The summed E-state index contributed by atoms with van der Waals surface area (Å²) in [5, 5.41) is 16.7. The van der Waals surface area contributed by atoms with Crippen LogP contribution in [0.4, 0.5) is 0 Å². The van der Waals surface area contributed by atoms with Gasteiger partial charge in [0.1, 0.15) is 12.1 Å². The topological polar surface area (TPSA) is 205 Å². The van der Waals surface area contributed by atoms with Crippen LogP contribution in [0.1, 0.15) is 38.8 Å². The summed E-state index contributed by atoms with van der Waals surface area (Å²) in [5.74, 6) is -3.16. The number of aliphatic carboxylic acids is 1. The molecule has 3 unspecified atom stereocenters. The molecule has 0 spiro atoms. The molecule has 0 fully saturated rings. The summed E-state index contributed by atoms with van der Waals surface area (Å²) >= 11 is 0. The molecule has 3 amide bonds. The number of hydrogen-bond acceptors (Lipinski definition) is 7. The smallest absolute Gasteiger partial charge is 0.326 e. The van der Waals surface area contributed by atoms with E-state index in [1.54, 1.807) is 13.8 Å². The van der Waals surface area contributed by atoms with E-state index in [-0.39, 0.29) is 12.3 Å². The van der Waals surface area contributed by atoms with Crippen LogP contribution in [0.3, 0.4) is 0 Å². The van der Waals surface area contributed by atoms with Crippen molar-refractivity contribution < 1.29 is 24.3 Å². The lowest BCUT2D eigenvalue weighted by atomic mass is 10.0. The van der Waals surface area contributed by atoms with E-state index in [0.29, 0.717) is 25.1 Å². The number of H-pyrrole nitrogens is 1. The van der Waals surface area contributed by atoms with E-state index < -0.39 is 48.4 Å². The Hall–Kier alpha value is -2.99. The predicted octanol–water partition coefficient (Wildman–Crippen LogP) is -1.77. The number of carbonyl (C=O) groups excluding carboxylic acids is 3. The van der Waals surface area contributed by atoms with Crippen molar-refractivity contribution in [2.45, 2.75) is 57.7 Å². The SMILES string of the molecule is CC(C)C(NC(=O)C(N)CCCCN)C(=O)NCC(=O)NC(Cc1cnc[nH]1)C(=O)O. The fourth-order valence-corrected chi connectivity index (χ4v) is 2.77. The quantitative estimate of drug-likeness (QED) is 0.165. The lowest BCUT2D eigenvalue weighted by Gasteiger charge is -2.23. The Balaban J connectivity index is 2.56. The van der Waals surface area contributed by atoms with Crippen molar-refractivity contribution in [1.82, 2.24) is 25.9 Å². The van der Waals surface area contributed by atoms with Crippen LogP contribution in [-0.2, 0) is 25.6 Å². The summed E-state index contributed by atoms with van der Waals surface area (Å²) in [6.45, 7) is 3.57. The second-order valence-corrected chi connectivity index (χ2v) is 7.58. The average Bonchev–Trinajstić information content (AvgIpc) is 3.22. The van der Waals surface area contributed by atoms with Crippen molar-refractivity contribution in [1.29, 1.82) is 0 Å². The second-order valence-electron chi connectivity index (χ2n) is 7.58. The minimum Gasteiger partial charge on any atom is -0.480 e. The lowest BCUT2D eigenvalue weighted by molar-refractivity contribution is -0.141. The summed E-state index contributed by atoms with van der Waals surface area (Å²) in [6, 6.07) is -2.83. The third-order valence-corrected chi connectivity index (χ3v) is 4.59. The van der Waals surface area contributed by atoms with Gasteiger partial charge in [0.2, 0.25) is 17.7 Å². The highest BCUT2D eigenvalue weighted by molar-refractivity contribution is 5.92. The molecule has 0 saturated heterocycles. The molecule has 1 heterocycles. The van der Waals surface area contributed by atoms with Gasteiger partial charge in [-0.15, -0.1) is 0 Å². The Kier molecular flexibility index (Phi) is 11.2. The number of aromatic amines is 1. The minimum atomic E-state index is -1.22. The van der Waals surface area contributed by atoms with Crippen molar-refractivity contribution in [3.63, 3.8) is 0 Å². The third-order valence-electron chi connectivity index (χ3n) is 4.59. The molecule has 12 nitrogen and oxygen atoms in total. The van der Waals surface area contributed by atoms with Crippen LogP contribution in [-0.4, -0.2) is 70.0 Å². The zero-order valence-corrected chi connectivity index (χ0v) is 17.9. The molecule has 1 aromatic rings. The van der Waals surface area contributed by atoms with Gasteiger partial charge in [-0.3, -0.25) is 14.4 Å². The molecule has 0 bridgehead atoms. The van der Waals surface area contributed by atoms with Crippen LogP contribution < -0.4 is 27.4 Å². The summed E-state index contributed by atoms with van der Waals surface area (Å²) in [5.41, 5.74) is 11.8. The summed E-state index contributed by atoms with van der Waals surface area (Å²) in [4.78, 5) is 54.8. The highest BCUT2D eigenvalue weighted by Gasteiger charge is 2.27. The molecule has 12 heteroatoms. The normalized spacial score (nSPS) is 13.8.